The summed E-state index contributed by atoms with van der Waals surface area (Å²) in [6.07, 6.45) is 9.31. The molecule has 0 amide bonds. The average Bonchev–Trinajstić information content (AvgIpc) is 3.51. The summed E-state index contributed by atoms with van der Waals surface area (Å²) >= 11 is 0. The van der Waals surface area contributed by atoms with Gasteiger partial charge in [0.25, 0.3) is 0 Å². The lowest BCUT2D eigenvalue weighted by atomic mass is 9.96. The predicted molar refractivity (Wildman–Crippen MR) is 161 cm³/mol. The Morgan fingerprint density at radius 3 is 1.24 bits per heavy atom. The first-order valence-corrected chi connectivity index (χ1v) is 14.0. The molecule has 196 valence electrons. The van der Waals surface area contributed by atoms with E-state index in [-0.39, 0.29) is 0 Å². The second-order valence-corrected chi connectivity index (χ2v) is 10.5. The van der Waals surface area contributed by atoms with Gasteiger partial charge in [-0.2, -0.15) is 0 Å². The predicted octanol–water partition coefficient (Wildman–Crippen LogP) is 8.84. The third kappa shape index (κ3) is 4.79. The van der Waals surface area contributed by atoms with E-state index in [1.807, 2.05) is 0 Å². The van der Waals surface area contributed by atoms with E-state index in [1.54, 1.807) is 0 Å². The van der Waals surface area contributed by atoms with Crippen LogP contribution in [0.15, 0.2) is 43.7 Å². The number of aryl methyl sites for hydroxylation is 2. The fraction of sp³-hybridized carbons (Fsp3) is 0.455. The Morgan fingerprint density at radius 1 is 0.568 bits per heavy atom. The van der Waals surface area contributed by atoms with Crippen molar-refractivity contribution in [2.45, 2.75) is 101 Å². The van der Waals surface area contributed by atoms with Crippen molar-refractivity contribution in [1.82, 2.24) is 9.97 Å². The van der Waals surface area contributed by atoms with E-state index in [2.05, 4.69) is 91.4 Å². The first-order valence-electron chi connectivity index (χ1n) is 14.0. The van der Waals surface area contributed by atoms with Crippen LogP contribution in [0.3, 0.4) is 0 Å². The molecule has 0 aromatic carbocycles. The number of aliphatic imine (C=N–C) groups is 2. The van der Waals surface area contributed by atoms with Crippen LogP contribution in [0.1, 0.15) is 106 Å². The van der Waals surface area contributed by atoms with Crippen molar-refractivity contribution >= 4 is 23.6 Å². The van der Waals surface area contributed by atoms with Crippen LogP contribution in [-0.4, -0.2) is 21.4 Å². The molecule has 4 rings (SSSR count). The molecule has 0 fully saturated rings. The van der Waals surface area contributed by atoms with Crippen LogP contribution in [-0.2, 0) is 12.8 Å². The molecule has 0 radical (unpaired) electrons. The highest BCUT2D eigenvalue weighted by Crippen LogP contribution is 2.36. The van der Waals surface area contributed by atoms with Crippen molar-refractivity contribution < 1.29 is 0 Å². The lowest BCUT2D eigenvalue weighted by Gasteiger charge is -2.05. The normalized spacial score (nSPS) is 18.2. The van der Waals surface area contributed by atoms with Crippen molar-refractivity contribution in [3.63, 3.8) is 0 Å². The largest absolute Gasteiger partial charge is 0.359 e. The zero-order valence-electron chi connectivity index (χ0n) is 24.6. The molecule has 4 heterocycles. The fourth-order valence-corrected chi connectivity index (χ4v) is 6.21. The summed E-state index contributed by atoms with van der Waals surface area (Å²) in [6, 6.07) is 0. The van der Waals surface area contributed by atoms with Crippen LogP contribution in [0, 0.1) is 27.7 Å². The molecule has 2 N–H and O–H groups in total. The number of allylic oxidation sites excluding steroid dienone is 4. The molecule has 2 aliphatic rings. The van der Waals surface area contributed by atoms with Crippen LogP contribution in [0.25, 0.3) is 12.2 Å². The van der Waals surface area contributed by atoms with Crippen molar-refractivity contribution in [2.75, 3.05) is 0 Å². The van der Waals surface area contributed by atoms with Gasteiger partial charge in [0.05, 0.1) is 22.8 Å². The Bertz CT molecular complexity index is 1310. The minimum atomic E-state index is 0.769. The number of H-pyrrole nitrogens is 2. The summed E-state index contributed by atoms with van der Waals surface area (Å²) < 4.78 is 0. The molecule has 37 heavy (non-hydrogen) atoms. The highest BCUT2D eigenvalue weighted by atomic mass is 14.8. The van der Waals surface area contributed by atoms with E-state index in [4.69, 9.17) is 9.98 Å². The summed E-state index contributed by atoms with van der Waals surface area (Å²) in [7, 11) is 0. The van der Waals surface area contributed by atoms with E-state index in [1.165, 1.54) is 67.3 Å². The van der Waals surface area contributed by atoms with Crippen LogP contribution in [0.2, 0.25) is 0 Å². The van der Waals surface area contributed by atoms with E-state index >= 15 is 0 Å². The molecule has 0 saturated carbocycles. The zero-order valence-corrected chi connectivity index (χ0v) is 24.6. The standard InChI is InChI=1S/C33H44N4/c1-11-24-18(5)28(34-22(24)9)16-32-26(13-3)20(7)30(36-32)15-31-21(8)27(14-4)33(37-31)17-29-19(6)25(12-2)23(10)35-29/h16-17,34-35H,11-15H2,1-10H3/b32-16-,33-17-. The summed E-state index contributed by atoms with van der Waals surface area (Å²) in [5.74, 6) is 0. The number of hydrogen-bond donors (Lipinski definition) is 2. The number of hydrogen-bond acceptors (Lipinski definition) is 2. The number of rotatable bonds is 8. The van der Waals surface area contributed by atoms with Crippen LogP contribution in [0.5, 0.6) is 0 Å². The van der Waals surface area contributed by atoms with Crippen molar-refractivity contribution in [1.29, 1.82) is 0 Å². The SMILES string of the molecule is CCC1=C(C)C(CC2=N/C(=C\c3[nH]c(C)c(CC)c3C)C(CC)=C2C)=N/C1=C\c1[nH]c(C)c(CC)c1C. The molecule has 2 aliphatic heterocycles. The van der Waals surface area contributed by atoms with E-state index in [0.29, 0.717) is 0 Å². The molecule has 2 aromatic heterocycles. The smallest absolute Gasteiger partial charge is 0.0689 e. The van der Waals surface area contributed by atoms with E-state index in [9.17, 15) is 0 Å². The monoisotopic (exact) mass is 496 g/mol. The molecule has 0 aliphatic carbocycles. The maximum Gasteiger partial charge on any atom is 0.0689 e. The van der Waals surface area contributed by atoms with Crippen LogP contribution in [0.4, 0.5) is 0 Å². The minimum absolute atomic E-state index is 0.769. The van der Waals surface area contributed by atoms with Gasteiger partial charge in [-0.1, -0.05) is 27.7 Å². The van der Waals surface area contributed by atoms with Gasteiger partial charge in [0, 0.05) is 29.2 Å². The first-order chi connectivity index (χ1) is 17.6. The van der Waals surface area contributed by atoms with Gasteiger partial charge in [-0.15, -0.1) is 0 Å². The zero-order chi connectivity index (χ0) is 27.0. The van der Waals surface area contributed by atoms with Gasteiger partial charge in [-0.05, 0) is 124 Å². The first kappa shape index (κ1) is 26.9. The third-order valence-electron chi connectivity index (χ3n) is 8.47. The molecule has 0 atom stereocenters. The molecule has 4 nitrogen and oxygen atoms in total. The van der Waals surface area contributed by atoms with Gasteiger partial charge in [-0.3, -0.25) is 9.98 Å². The van der Waals surface area contributed by atoms with Crippen LogP contribution < -0.4 is 0 Å². The number of nitrogens with one attached hydrogen (secondary N) is 2. The number of aromatic nitrogens is 2. The molecule has 0 spiro atoms. The van der Waals surface area contributed by atoms with Gasteiger partial charge < -0.3 is 9.97 Å². The summed E-state index contributed by atoms with van der Waals surface area (Å²) in [4.78, 5) is 17.5. The Kier molecular flexibility index (Phi) is 7.77. The van der Waals surface area contributed by atoms with E-state index in [0.717, 1.165) is 54.9 Å². The number of aromatic amines is 2. The highest BCUT2D eigenvalue weighted by molar-refractivity contribution is 6.21. The highest BCUT2D eigenvalue weighted by Gasteiger charge is 2.26. The van der Waals surface area contributed by atoms with Crippen LogP contribution >= 0.6 is 0 Å². The Balaban J connectivity index is 1.70. The summed E-state index contributed by atoms with van der Waals surface area (Å²) in [6.45, 7) is 22.1. The average molecular weight is 497 g/mol. The molecule has 2 aromatic rings. The lowest BCUT2D eigenvalue weighted by Crippen LogP contribution is -2.08. The molecular formula is C33H44N4. The van der Waals surface area contributed by atoms with Crippen molar-refractivity contribution in [2.24, 2.45) is 9.98 Å². The topological polar surface area (TPSA) is 56.3 Å². The quantitative estimate of drug-likeness (QED) is 0.367. The Hall–Kier alpha value is -3.14. The summed E-state index contributed by atoms with van der Waals surface area (Å²) in [5, 5.41) is 0. The molecule has 0 unspecified atom stereocenters. The van der Waals surface area contributed by atoms with Gasteiger partial charge in [-0.25, -0.2) is 0 Å². The maximum atomic E-state index is 5.18. The molecular weight excluding hydrogens is 452 g/mol. The molecule has 0 saturated heterocycles. The second kappa shape index (κ2) is 10.7. The molecule has 4 heteroatoms. The Labute approximate surface area is 223 Å². The maximum absolute atomic E-state index is 5.18. The number of nitrogens with zero attached hydrogens (tertiary/aromatic N) is 2. The van der Waals surface area contributed by atoms with Gasteiger partial charge in [0.1, 0.15) is 0 Å². The second-order valence-electron chi connectivity index (χ2n) is 10.5. The van der Waals surface area contributed by atoms with Crippen molar-refractivity contribution in [3.05, 3.63) is 78.7 Å². The van der Waals surface area contributed by atoms with Gasteiger partial charge in [0.15, 0.2) is 0 Å². The van der Waals surface area contributed by atoms with Gasteiger partial charge in [0.2, 0.25) is 0 Å². The third-order valence-corrected chi connectivity index (χ3v) is 8.47. The van der Waals surface area contributed by atoms with Crippen molar-refractivity contribution in [3.8, 4) is 0 Å². The molecule has 0 bridgehead atoms. The van der Waals surface area contributed by atoms with Gasteiger partial charge >= 0.3 is 0 Å². The summed E-state index contributed by atoms with van der Waals surface area (Å²) in [5.41, 5.74) is 20.2. The fourth-order valence-electron chi connectivity index (χ4n) is 6.21. The Morgan fingerprint density at radius 2 is 0.946 bits per heavy atom. The van der Waals surface area contributed by atoms with E-state index < -0.39 is 0 Å². The minimum Gasteiger partial charge on any atom is -0.359 e. The lowest BCUT2D eigenvalue weighted by molar-refractivity contribution is 1.08.